The van der Waals surface area contributed by atoms with Crippen molar-refractivity contribution in [2.75, 3.05) is 23.7 Å². The van der Waals surface area contributed by atoms with Gasteiger partial charge in [-0.15, -0.1) is 0 Å². The summed E-state index contributed by atoms with van der Waals surface area (Å²) in [5, 5.41) is 2.84. The predicted molar refractivity (Wildman–Crippen MR) is 142 cm³/mol. The third kappa shape index (κ3) is 9.04. The lowest BCUT2D eigenvalue weighted by Gasteiger charge is -2.30. The molecule has 1 N–H and O–H groups in total. The molecule has 38 heavy (non-hydrogen) atoms. The lowest BCUT2D eigenvalue weighted by atomic mass is 10.1. The summed E-state index contributed by atoms with van der Waals surface area (Å²) in [6.07, 6.45) is -2.05. The number of carbonyl (C=O) groups is 2. The van der Waals surface area contributed by atoms with Gasteiger partial charge in [-0.05, 0) is 56.0 Å². The Morgan fingerprint density at radius 2 is 1.74 bits per heavy atom. The minimum atomic E-state index is -4.63. The van der Waals surface area contributed by atoms with Crippen molar-refractivity contribution in [3.63, 3.8) is 0 Å². The highest BCUT2D eigenvalue weighted by atomic mass is 32.2. The van der Waals surface area contributed by atoms with Gasteiger partial charge in [-0.3, -0.25) is 13.9 Å². The summed E-state index contributed by atoms with van der Waals surface area (Å²) in [5.41, 5.74) is 0.731. The number of hydrogen-bond donors (Lipinski definition) is 1. The highest BCUT2D eigenvalue weighted by Gasteiger charge is 2.32. The molecule has 0 heterocycles. The first-order valence-electron chi connectivity index (χ1n) is 12.5. The summed E-state index contributed by atoms with van der Waals surface area (Å²) in [5.74, 6) is -0.647. The number of halogens is 3. The third-order valence-corrected chi connectivity index (χ3v) is 7.41. The SMILES string of the molecule is CCCCNC(=O)C(C)N(Cc1ccccc1C)C(=O)CCCN(c1cccc(C(F)(F)F)c1)S(C)(=O)=O. The van der Waals surface area contributed by atoms with Gasteiger partial charge < -0.3 is 10.2 Å². The molecule has 0 spiro atoms. The molecule has 0 aromatic heterocycles. The van der Waals surface area contributed by atoms with E-state index in [-0.39, 0.29) is 43.4 Å². The van der Waals surface area contributed by atoms with Gasteiger partial charge in [0.2, 0.25) is 21.8 Å². The maximum Gasteiger partial charge on any atom is 0.416 e. The molecular formula is C27H36F3N3O4S. The molecule has 2 amide bonds. The minimum Gasteiger partial charge on any atom is -0.354 e. The van der Waals surface area contributed by atoms with Crippen LogP contribution in [0.15, 0.2) is 48.5 Å². The van der Waals surface area contributed by atoms with Gasteiger partial charge in [0.1, 0.15) is 6.04 Å². The van der Waals surface area contributed by atoms with E-state index in [2.05, 4.69) is 5.32 Å². The van der Waals surface area contributed by atoms with Crippen LogP contribution in [0.2, 0.25) is 0 Å². The normalized spacial score (nSPS) is 12.6. The van der Waals surface area contributed by atoms with Crippen LogP contribution >= 0.6 is 0 Å². The van der Waals surface area contributed by atoms with Crippen LogP contribution in [-0.4, -0.2) is 50.5 Å². The van der Waals surface area contributed by atoms with Crippen LogP contribution in [-0.2, 0) is 32.3 Å². The van der Waals surface area contributed by atoms with Gasteiger partial charge in [0.25, 0.3) is 0 Å². The average molecular weight is 556 g/mol. The van der Waals surface area contributed by atoms with E-state index in [0.717, 1.165) is 52.7 Å². The van der Waals surface area contributed by atoms with E-state index >= 15 is 0 Å². The number of anilines is 1. The molecule has 0 bridgehead atoms. The summed E-state index contributed by atoms with van der Waals surface area (Å²) in [6, 6.07) is 10.8. The Kier molecular flexibility index (Phi) is 11.2. The monoisotopic (exact) mass is 555 g/mol. The molecular weight excluding hydrogens is 519 g/mol. The molecule has 1 atom stereocenters. The molecule has 1 unspecified atom stereocenters. The molecule has 0 saturated carbocycles. The number of hydrogen-bond acceptors (Lipinski definition) is 4. The molecule has 11 heteroatoms. The zero-order valence-electron chi connectivity index (χ0n) is 22.2. The lowest BCUT2D eigenvalue weighted by molar-refractivity contribution is -0.140. The molecule has 2 rings (SSSR count). The fourth-order valence-electron chi connectivity index (χ4n) is 3.93. The van der Waals surface area contributed by atoms with Crippen molar-refractivity contribution in [3.05, 3.63) is 65.2 Å². The minimum absolute atomic E-state index is 0.0522. The summed E-state index contributed by atoms with van der Waals surface area (Å²) in [4.78, 5) is 27.5. The van der Waals surface area contributed by atoms with Gasteiger partial charge in [0.15, 0.2) is 0 Å². The number of sulfonamides is 1. The molecule has 0 radical (unpaired) electrons. The number of aryl methyl sites for hydroxylation is 1. The second-order valence-electron chi connectivity index (χ2n) is 9.26. The molecule has 0 aliphatic rings. The average Bonchev–Trinajstić information content (AvgIpc) is 2.84. The predicted octanol–water partition coefficient (Wildman–Crippen LogP) is 4.89. The first-order chi connectivity index (χ1) is 17.8. The van der Waals surface area contributed by atoms with Crippen LogP contribution in [0.5, 0.6) is 0 Å². The van der Waals surface area contributed by atoms with Gasteiger partial charge >= 0.3 is 6.18 Å². The Labute approximate surface area is 223 Å². The molecule has 0 aliphatic carbocycles. The zero-order valence-corrected chi connectivity index (χ0v) is 23.0. The van der Waals surface area contributed by atoms with E-state index in [0.29, 0.717) is 6.54 Å². The molecule has 210 valence electrons. The van der Waals surface area contributed by atoms with Gasteiger partial charge in [0, 0.05) is 26.1 Å². The quantitative estimate of drug-likeness (QED) is 0.357. The second kappa shape index (κ2) is 13.6. The third-order valence-electron chi connectivity index (χ3n) is 6.21. The number of rotatable bonds is 13. The molecule has 0 saturated heterocycles. The molecule has 2 aromatic carbocycles. The van der Waals surface area contributed by atoms with Crippen molar-refractivity contribution in [2.24, 2.45) is 0 Å². The van der Waals surface area contributed by atoms with E-state index < -0.39 is 27.8 Å². The largest absolute Gasteiger partial charge is 0.416 e. The van der Waals surface area contributed by atoms with Gasteiger partial charge in [0.05, 0.1) is 17.5 Å². The second-order valence-corrected chi connectivity index (χ2v) is 11.2. The number of unbranched alkanes of at least 4 members (excludes halogenated alkanes) is 1. The Balaban J connectivity index is 2.20. The maximum absolute atomic E-state index is 13.3. The van der Waals surface area contributed by atoms with Gasteiger partial charge in [-0.2, -0.15) is 13.2 Å². The number of alkyl halides is 3. The van der Waals surface area contributed by atoms with Crippen molar-refractivity contribution in [1.29, 1.82) is 0 Å². The summed E-state index contributed by atoms with van der Waals surface area (Å²) < 4.78 is 65.2. The van der Waals surface area contributed by atoms with E-state index in [9.17, 15) is 31.2 Å². The van der Waals surface area contributed by atoms with E-state index in [1.807, 2.05) is 38.1 Å². The molecule has 7 nitrogen and oxygen atoms in total. The summed E-state index contributed by atoms with van der Waals surface area (Å²) in [6.45, 7) is 6.04. The lowest BCUT2D eigenvalue weighted by Crippen LogP contribution is -2.48. The van der Waals surface area contributed by atoms with Crippen molar-refractivity contribution in [1.82, 2.24) is 10.2 Å². The Morgan fingerprint density at radius 1 is 1.05 bits per heavy atom. The maximum atomic E-state index is 13.3. The van der Waals surface area contributed by atoms with Crippen LogP contribution in [0.4, 0.5) is 18.9 Å². The number of nitrogens with one attached hydrogen (secondary N) is 1. The Bertz CT molecular complexity index is 1200. The van der Waals surface area contributed by atoms with Crippen LogP contribution < -0.4 is 9.62 Å². The first kappa shape index (κ1) is 31.1. The topological polar surface area (TPSA) is 86.8 Å². The fourth-order valence-corrected chi connectivity index (χ4v) is 4.89. The van der Waals surface area contributed by atoms with Crippen molar-refractivity contribution < 1.29 is 31.2 Å². The van der Waals surface area contributed by atoms with Crippen molar-refractivity contribution in [2.45, 2.75) is 65.2 Å². The van der Waals surface area contributed by atoms with Crippen LogP contribution in [0, 0.1) is 6.92 Å². The van der Waals surface area contributed by atoms with Crippen molar-refractivity contribution >= 4 is 27.5 Å². The van der Waals surface area contributed by atoms with Crippen LogP contribution in [0.25, 0.3) is 0 Å². The highest BCUT2D eigenvalue weighted by molar-refractivity contribution is 7.92. The van der Waals surface area contributed by atoms with E-state index in [1.54, 1.807) is 6.92 Å². The Hall–Kier alpha value is -3.08. The number of carbonyl (C=O) groups excluding carboxylic acids is 2. The zero-order chi connectivity index (χ0) is 28.5. The molecule has 2 aromatic rings. The standard InChI is InChI=1S/C27H36F3N3O4S/c1-5-6-16-31-26(35)21(3)32(19-22-12-8-7-11-20(22)2)25(34)15-10-17-33(38(4,36)37)24-14-9-13-23(18-24)27(28,29)30/h7-9,11-14,18,21H,5-6,10,15-17,19H2,1-4H3,(H,31,35). The summed E-state index contributed by atoms with van der Waals surface area (Å²) >= 11 is 0. The number of nitrogens with zero attached hydrogens (tertiary/aromatic N) is 2. The van der Waals surface area contributed by atoms with Crippen LogP contribution in [0.1, 0.15) is 56.2 Å². The first-order valence-corrected chi connectivity index (χ1v) is 14.4. The highest BCUT2D eigenvalue weighted by Crippen LogP contribution is 2.32. The summed E-state index contributed by atoms with van der Waals surface area (Å²) in [7, 11) is -3.92. The number of amides is 2. The van der Waals surface area contributed by atoms with Crippen LogP contribution in [0.3, 0.4) is 0 Å². The van der Waals surface area contributed by atoms with Crippen molar-refractivity contribution in [3.8, 4) is 0 Å². The molecule has 0 fully saturated rings. The van der Waals surface area contributed by atoms with E-state index in [4.69, 9.17) is 0 Å². The Morgan fingerprint density at radius 3 is 2.34 bits per heavy atom. The fraction of sp³-hybridized carbons (Fsp3) is 0.481. The number of benzene rings is 2. The molecule has 0 aliphatic heterocycles. The van der Waals surface area contributed by atoms with Gasteiger partial charge in [-0.1, -0.05) is 43.7 Å². The smallest absolute Gasteiger partial charge is 0.354 e. The van der Waals surface area contributed by atoms with E-state index in [1.165, 1.54) is 11.0 Å². The van der Waals surface area contributed by atoms with Gasteiger partial charge in [-0.25, -0.2) is 8.42 Å².